The van der Waals surface area contributed by atoms with Gasteiger partial charge in [0.1, 0.15) is 0 Å². The summed E-state index contributed by atoms with van der Waals surface area (Å²) in [7, 11) is 0. The molecule has 3 fully saturated rings. The lowest BCUT2D eigenvalue weighted by Gasteiger charge is -2.59. The molecule has 5 aliphatic rings. The van der Waals surface area contributed by atoms with Crippen LogP contribution in [-0.2, 0) is 4.79 Å². The van der Waals surface area contributed by atoms with Crippen LogP contribution in [0, 0.1) is 40.4 Å². The molecule has 0 spiro atoms. The summed E-state index contributed by atoms with van der Waals surface area (Å²) in [6.45, 7) is 4.87. The first kappa shape index (κ1) is 17.2. The fourth-order valence-electron chi connectivity index (χ4n) is 7.68. The standard InChI is InChI=1S/C23H32O3/c1-21-8-4-14(25)12-19(21)15-13-16(15)20-17(21)5-9-22(2)18(20)6-10-23(22,26)7-3-11-24/h6,10,12,15-18,20,24,26H,3-5,7-9,11,13H2,1-2H3/t15-,16+,17+,18+,20-,21-,22+,23+/m1/s1. The summed E-state index contributed by atoms with van der Waals surface area (Å²) in [5, 5.41) is 20.7. The van der Waals surface area contributed by atoms with E-state index in [2.05, 4.69) is 26.0 Å². The number of hydrogen-bond donors (Lipinski definition) is 2. The molecule has 3 heteroatoms. The first-order valence-corrected chi connectivity index (χ1v) is 10.6. The smallest absolute Gasteiger partial charge is 0.155 e. The summed E-state index contributed by atoms with van der Waals surface area (Å²) in [4.78, 5) is 12.1. The maximum Gasteiger partial charge on any atom is 0.155 e. The van der Waals surface area contributed by atoms with Gasteiger partial charge in [-0.05, 0) is 79.6 Å². The number of ketones is 1. The first-order chi connectivity index (χ1) is 12.3. The van der Waals surface area contributed by atoms with Crippen molar-refractivity contribution >= 4 is 5.78 Å². The van der Waals surface area contributed by atoms with Crippen LogP contribution in [0.15, 0.2) is 23.8 Å². The van der Waals surface area contributed by atoms with Gasteiger partial charge in [0.05, 0.1) is 5.60 Å². The summed E-state index contributed by atoms with van der Waals surface area (Å²) in [5.74, 6) is 3.39. The average Bonchev–Trinajstić information content (AvgIpc) is 3.35. The highest BCUT2D eigenvalue weighted by Crippen LogP contribution is 2.74. The van der Waals surface area contributed by atoms with E-state index in [-0.39, 0.29) is 17.4 Å². The van der Waals surface area contributed by atoms with Crippen molar-refractivity contribution < 1.29 is 15.0 Å². The van der Waals surface area contributed by atoms with E-state index < -0.39 is 5.60 Å². The van der Waals surface area contributed by atoms with Crippen molar-refractivity contribution in [2.24, 2.45) is 40.4 Å². The molecule has 0 amide bonds. The van der Waals surface area contributed by atoms with E-state index in [1.165, 1.54) is 12.0 Å². The lowest BCUT2D eigenvalue weighted by molar-refractivity contribution is -0.126. The first-order valence-electron chi connectivity index (χ1n) is 10.6. The molecular formula is C23H32O3. The van der Waals surface area contributed by atoms with Crippen LogP contribution in [0.5, 0.6) is 0 Å². The highest BCUT2D eigenvalue weighted by atomic mass is 16.3. The van der Waals surface area contributed by atoms with Crippen LogP contribution < -0.4 is 0 Å². The largest absolute Gasteiger partial charge is 0.396 e. The summed E-state index contributed by atoms with van der Waals surface area (Å²) < 4.78 is 0. The van der Waals surface area contributed by atoms with Crippen LogP contribution in [-0.4, -0.2) is 28.2 Å². The second-order valence-electron chi connectivity index (χ2n) is 10.3. The molecule has 0 heterocycles. The molecule has 5 aliphatic carbocycles. The summed E-state index contributed by atoms with van der Waals surface area (Å²) >= 11 is 0. The van der Waals surface area contributed by atoms with Gasteiger partial charge in [0.2, 0.25) is 0 Å². The van der Waals surface area contributed by atoms with Gasteiger partial charge in [-0.2, -0.15) is 0 Å². The number of aliphatic hydroxyl groups excluding tert-OH is 1. The normalized spacial score (nSPS) is 54.1. The number of carbonyl (C=O) groups excluding carboxylic acids is 1. The number of hydrogen-bond acceptors (Lipinski definition) is 3. The Kier molecular flexibility index (Phi) is 3.52. The molecule has 142 valence electrons. The molecule has 0 aliphatic heterocycles. The summed E-state index contributed by atoms with van der Waals surface area (Å²) in [6, 6.07) is 0. The van der Waals surface area contributed by atoms with Crippen molar-refractivity contribution in [3.05, 3.63) is 23.8 Å². The zero-order valence-electron chi connectivity index (χ0n) is 16.1. The summed E-state index contributed by atoms with van der Waals surface area (Å²) in [6.07, 6.45) is 12.9. The minimum Gasteiger partial charge on any atom is -0.396 e. The van der Waals surface area contributed by atoms with Gasteiger partial charge in [0, 0.05) is 18.4 Å². The van der Waals surface area contributed by atoms with Crippen LogP contribution in [0.25, 0.3) is 0 Å². The zero-order chi connectivity index (χ0) is 18.3. The van der Waals surface area contributed by atoms with Crippen molar-refractivity contribution in [1.29, 1.82) is 0 Å². The number of fused-ring (bicyclic) bond motifs is 8. The van der Waals surface area contributed by atoms with Crippen molar-refractivity contribution in [3.63, 3.8) is 0 Å². The highest BCUT2D eigenvalue weighted by molar-refractivity contribution is 5.92. The Bertz CT molecular complexity index is 708. The van der Waals surface area contributed by atoms with E-state index in [1.807, 2.05) is 6.08 Å². The second kappa shape index (κ2) is 5.32. The molecule has 0 radical (unpaired) electrons. The molecule has 3 saturated carbocycles. The third-order valence-electron chi connectivity index (χ3n) is 9.29. The van der Waals surface area contributed by atoms with Gasteiger partial charge in [-0.3, -0.25) is 4.79 Å². The monoisotopic (exact) mass is 356 g/mol. The number of aliphatic hydroxyl groups is 2. The SMILES string of the molecule is C[C@]12CCC(=O)C=C1[C@@H]1C[C@@H]1[C@@H]1[C@@H]2CC[C@@]2(C)[C@H]1C=C[C@@]2(O)CCCO. The number of allylic oxidation sites excluding steroid dienone is 3. The lowest BCUT2D eigenvalue weighted by atomic mass is 9.46. The molecule has 0 saturated heterocycles. The molecule has 0 bridgehead atoms. The van der Waals surface area contributed by atoms with E-state index in [0.717, 1.165) is 19.3 Å². The predicted octanol–water partition coefficient (Wildman–Crippen LogP) is 3.65. The topological polar surface area (TPSA) is 57.5 Å². The third-order valence-corrected chi connectivity index (χ3v) is 9.29. The lowest BCUT2D eigenvalue weighted by Crippen LogP contribution is -2.56. The third kappa shape index (κ3) is 1.99. The molecule has 3 nitrogen and oxygen atoms in total. The Morgan fingerprint density at radius 1 is 1.27 bits per heavy atom. The number of carbonyl (C=O) groups is 1. The van der Waals surface area contributed by atoms with Gasteiger partial charge in [-0.15, -0.1) is 0 Å². The van der Waals surface area contributed by atoms with E-state index >= 15 is 0 Å². The van der Waals surface area contributed by atoms with Crippen molar-refractivity contribution in [1.82, 2.24) is 0 Å². The van der Waals surface area contributed by atoms with Crippen molar-refractivity contribution in [2.45, 2.75) is 64.4 Å². The summed E-state index contributed by atoms with van der Waals surface area (Å²) in [5.41, 5.74) is 0.798. The van der Waals surface area contributed by atoms with Crippen LogP contribution >= 0.6 is 0 Å². The Morgan fingerprint density at radius 2 is 2.08 bits per heavy atom. The van der Waals surface area contributed by atoms with E-state index in [1.54, 1.807) is 0 Å². The molecule has 2 N–H and O–H groups in total. The zero-order valence-corrected chi connectivity index (χ0v) is 16.1. The molecule has 0 aromatic heterocycles. The Labute approximate surface area is 156 Å². The van der Waals surface area contributed by atoms with E-state index in [4.69, 9.17) is 0 Å². The van der Waals surface area contributed by atoms with E-state index in [9.17, 15) is 15.0 Å². The van der Waals surface area contributed by atoms with E-state index in [0.29, 0.717) is 54.6 Å². The second-order valence-corrected chi connectivity index (χ2v) is 10.3. The Hall–Kier alpha value is -0.930. The van der Waals surface area contributed by atoms with Gasteiger partial charge >= 0.3 is 0 Å². The average molecular weight is 357 g/mol. The van der Waals surface area contributed by atoms with Crippen LogP contribution in [0.1, 0.15) is 58.8 Å². The predicted molar refractivity (Wildman–Crippen MR) is 100 cm³/mol. The molecule has 0 aromatic rings. The van der Waals surface area contributed by atoms with Crippen molar-refractivity contribution in [3.8, 4) is 0 Å². The maximum atomic E-state index is 12.1. The van der Waals surface area contributed by atoms with Crippen molar-refractivity contribution in [2.75, 3.05) is 6.61 Å². The maximum absolute atomic E-state index is 12.1. The fraction of sp³-hybridized carbons (Fsp3) is 0.783. The molecule has 0 aromatic carbocycles. The minimum atomic E-state index is -0.769. The van der Waals surface area contributed by atoms with Crippen LogP contribution in [0.4, 0.5) is 0 Å². The van der Waals surface area contributed by atoms with Gasteiger partial charge in [-0.1, -0.05) is 31.6 Å². The van der Waals surface area contributed by atoms with Gasteiger partial charge < -0.3 is 10.2 Å². The molecular weight excluding hydrogens is 324 g/mol. The highest BCUT2D eigenvalue weighted by Gasteiger charge is 2.68. The van der Waals surface area contributed by atoms with Gasteiger partial charge in [0.15, 0.2) is 5.78 Å². The molecule has 26 heavy (non-hydrogen) atoms. The quantitative estimate of drug-likeness (QED) is 0.759. The molecule has 8 atom stereocenters. The number of rotatable bonds is 3. The Morgan fingerprint density at radius 3 is 2.85 bits per heavy atom. The minimum absolute atomic E-state index is 0.0987. The Balaban J connectivity index is 1.51. The van der Waals surface area contributed by atoms with Crippen LogP contribution in [0.3, 0.4) is 0 Å². The van der Waals surface area contributed by atoms with Gasteiger partial charge in [0.25, 0.3) is 0 Å². The van der Waals surface area contributed by atoms with Crippen LogP contribution in [0.2, 0.25) is 0 Å². The molecule has 0 unspecified atom stereocenters. The fourth-order valence-corrected chi connectivity index (χ4v) is 7.68. The molecule has 5 rings (SSSR count). The van der Waals surface area contributed by atoms with Gasteiger partial charge in [-0.25, -0.2) is 0 Å².